The van der Waals surface area contributed by atoms with Crippen LogP contribution in [0.1, 0.15) is 32.0 Å². The van der Waals surface area contributed by atoms with E-state index in [4.69, 9.17) is 9.26 Å². The van der Waals surface area contributed by atoms with Gasteiger partial charge in [-0.1, -0.05) is 19.0 Å². The Labute approximate surface area is 135 Å². The second-order valence-corrected chi connectivity index (χ2v) is 6.10. The van der Waals surface area contributed by atoms with Crippen LogP contribution in [0.2, 0.25) is 0 Å². The first kappa shape index (κ1) is 15.9. The number of ether oxygens (including phenoxy) is 1. The van der Waals surface area contributed by atoms with Crippen molar-refractivity contribution in [2.24, 2.45) is 0 Å². The van der Waals surface area contributed by atoms with E-state index in [0.717, 1.165) is 17.8 Å². The molecule has 0 amide bonds. The Morgan fingerprint density at radius 1 is 1.48 bits per heavy atom. The third kappa shape index (κ3) is 3.20. The van der Waals surface area contributed by atoms with Gasteiger partial charge in [-0.2, -0.15) is 4.98 Å². The zero-order valence-electron chi connectivity index (χ0n) is 13.6. The summed E-state index contributed by atoms with van der Waals surface area (Å²) in [6.07, 6.45) is 2.61. The molecule has 1 aliphatic rings. The molecule has 0 radical (unpaired) electrons. The minimum absolute atomic E-state index is 0.0108. The Bertz CT molecular complexity index is 658. The predicted molar refractivity (Wildman–Crippen MR) is 85.3 cm³/mol. The first-order valence-corrected chi connectivity index (χ1v) is 7.82. The van der Waals surface area contributed by atoms with Crippen LogP contribution in [0.3, 0.4) is 0 Å². The van der Waals surface area contributed by atoms with Gasteiger partial charge in [0.25, 0.3) is 5.89 Å². The molecule has 0 bridgehead atoms. The average molecular weight is 318 g/mol. The molecule has 23 heavy (non-hydrogen) atoms. The maximum atomic E-state index is 9.60. The minimum Gasteiger partial charge on any atom is -0.394 e. The molecule has 1 saturated heterocycles. The van der Waals surface area contributed by atoms with Crippen LogP contribution in [0.25, 0.3) is 11.5 Å². The van der Waals surface area contributed by atoms with E-state index in [1.807, 2.05) is 26.0 Å². The maximum Gasteiger partial charge on any atom is 0.258 e. The van der Waals surface area contributed by atoms with E-state index in [9.17, 15) is 5.11 Å². The summed E-state index contributed by atoms with van der Waals surface area (Å²) in [6.45, 7) is 4.82. The number of anilines is 1. The van der Waals surface area contributed by atoms with Crippen LogP contribution in [-0.4, -0.2) is 52.6 Å². The van der Waals surface area contributed by atoms with Crippen molar-refractivity contribution in [3.8, 4) is 11.5 Å². The topological polar surface area (TPSA) is 84.5 Å². The number of aromatic nitrogens is 3. The lowest BCUT2D eigenvalue weighted by molar-refractivity contribution is 0.115. The number of aliphatic hydroxyl groups is 1. The third-order valence-electron chi connectivity index (χ3n) is 4.17. The minimum atomic E-state index is 0.0108. The van der Waals surface area contributed by atoms with Crippen LogP contribution in [0.15, 0.2) is 22.9 Å². The molecule has 1 aliphatic heterocycles. The molecule has 7 heteroatoms. The number of nitrogens with zero attached hydrogens (tertiary/aromatic N) is 4. The normalized spacial score (nSPS) is 21.3. The fourth-order valence-corrected chi connectivity index (χ4v) is 2.79. The Balaban J connectivity index is 1.87. The molecule has 0 aromatic carbocycles. The molecule has 124 valence electrons. The molecule has 1 fully saturated rings. The molecule has 0 spiro atoms. The monoisotopic (exact) mass is 318 g/mol. The van der Waals surface area contributed by atoms with E-state index < -0.39 is 0 Å². The van der Waals surface area contributed by atoms with Gasteiger partial charge >= 0.3 is 0 Å². The highest BCUT2D eigenvalue weighted by Gasteiger charge is 2.32. The second-order valence-electron chi connectivity index (χ2n) is 6.10. The first-order valence-electron chi connectivity index (χ1n) is 7.82. The van der Waals surface area contributed by atoms with Gasteiger partial charge in [-0.05, 0) is 18.6 Å². The molecule has 2 aromatic heterocycles. The van der Waals surface area contributed by atoms with Gasteiger partial charge in [0, 0.05) is 31.3 Å². The lowest BCUT2D eigenvalue weighted by Crippen LogP contribution is -2.33. The average Bonchev–Trinajstić information content (AvgIpc) is 3.22. The second kappa shape index (κ2) is 6.64. The van der Waals surface area contributed by atoms with Crippen LogP contribution in [-0.2, 0) is 4.74 Å². The summed E-state index contributed by atoms with van der Waals surface area (Å²) in [5.41, 5.74) is 0.826. The van der Waals surface area contributed by atoms with Crippen molar-refractivity contribution in [2.45, 2.75) is 38.3 Å². The lowest BCUT2D eigenvalue weighted by atomic mass is 10.2. The van der Waals surface area contributed by atoms with Gasteiger partial charge in [-0.25, -0.2) is 4.98 Å². The maximum absolute atomic E-state index is 9.60. The van der Waals surface area contributed by atoms with Crippen LogP contribution < -0.4 is 4.90 Å². The number of pyridine rings is 1. The smallest absolute Gasteiger partial charge is 0.258 e. The number of methoxy groups -OCH3 is 1. The lowest BCUT2D eigenvalue weighted by Gasteiger charge is -2.23. The van der Waals surface area contributed by atoms with Crippen molar-refractivity contribution in [3.63, 3.8) is 0 Å². The molecular formula is C16H22N4O3. The van der Waals surface area contributed by atoms with Gasteiger partial charge in [0.05, 0.1) is 18.8 Å². The zero-order valence-corrected chi connectivity index (χ0v) is 13.6. The fraction of sp³-hybridized carbons (Fsp3) is 0.562. The van der Waals surface area contributed by atoms with E-state index in [1.165, 1.54) is 0 Å². The predicted octanol–water partition coefficient (Wildman–Crippen LogP) is 1.84. The zero-order chi connectivity index (χ0) is 16.4. The molecule has 7 nitrogen and oxygen atoms in total. The molecule has 0 unspecified atom stereocenters. The van der Waals surface area contributed by atoms with Crippen molar-refractivity contribution in [2.75, 3.05) is 25.2 Å². The van der Waals surface area contributed by atoms with E-state index in [2.05, 4.69) is 20.0 Å². The molecule has 2 atom stereocenters. The number of rotatable bonds is 5. The van der Waals surface area contributed by atoms with Gasteiger partial charge in [-0.15, -0.1) is 0 Å². The Hall–Kier alpha value is -1.99. The largest absolute Gasteiger partial charge is 0.394 e. The van der Waals surface area contributed by atoms with Gasteiger partial charge < -0.3 is 19.3 Å². The Morgan fingerprint density at radius 2 is 2.30 bits per heavy atom. The van der Waals surface area contributed by atoms with Crippen molar-refractivity contribution < 1.29 is 14.4 Å². The molecule has 0 aliphatic carbocycles. The van der Waals surface area contributed by atoms with E-state index in [1.54, 1.807) is 13.3 Å². The summed E-state index contributed by atoms with van der Waals surface area (Å²) in [5.74, 6) is 2.17. The summed E-state index contributed by atoms with van der Waals surface area (Å²) in [6, 6.07) is 3.77. The standard InChI is InChI=1S/C16H22N4O3/c1-10(2)15-18-16(23-19-15)11-4-5-17-14(6-11)20-8-13(22-3)7-12(20)9-21/h4-6,10,12-13,21H,7-9H2,1-3H3/t12-,13+/m0/s1. The highest BCUT2D eigenvalue weighted by molar-refractivity contribution is 5.59. The molecule has 0 saturated carbocycles. The molecular weight excluding hydrogens is 296 g/mol. The first-order chi connectivity index (χ1) is 11.1. The van der Waals surface area contributed by atoms with Gasteiger partial charge in [0.15, 0.2) is 5.82 Å². The quantitative estimate of drug-likeness (QED) is 0.900. The van der Waals surface area contributed by atoms with Crippen molar-refractivity contribution in [3.05, 3.63) is 24.2 Å². The van der Waals surface area contributed by atoms with Gasteiger partial charge in [0.2, 0.25) is 0 Å². The summed E-state index contributed by atoms with van der Waals surface area (Å²) in [4.78, 5) is 10.9. The van der Waals surface area contributed by atoms with Crippen molar-refractivity contribution >= 4 is 5.82 Å². The summed E-state index contributed by atoms with van der Waals surface area (Å²) < 4.78 is 10.8. The Kier molecular flexibility index (Phi) is 4.58. The summed E-state index contributed by atoms with van der Waals surface area (Å²) in [7, 11) is 1.69. The van der Waals surface area contributed by atoms with Crippen LogP contribution in [0.4, 0.5) is 5.82 Å². The third-order valence-corrected chi connectivity index (χ3v) is 4.17. The van der Waals surface area contributed by atoms with Crippen molar-refractivity contribution in [1.29, 1.82) is 0 Å². The molecule has 1 N–H and O–H groups in total. The number of aliphatic hydroxyl groups excluding tert-OH is 1. The van der Waals surface area contributed by atoms with Crippen LogP contribution >= 0.6 is 0 Å². The van der Waals surface area contributed by atoms with Crippen LogP contribution in [0.5, 0.6) is 0 Å². The Morgan fingerprint density at radius 3 is 2.96 bits per heavy atom. The molecule has 2 aromatic rings. The molecule has 3 heterocycles. The SMILES string of the molecule is CO[C@@H]1C[C@@H](CO)N(c2cc(-c3nc(C(C)C)no3)ccn2)C1. The van der Waals surface area contributed by atoms with Crippen LogP contribution in [0, 0.1) is 0 Å². The highest BCUT2D eigenvalue weighted by atomic mass is 16.5. The van der Waals surface area contributed by atoms with Gasteiger partial charge in [-0.3, -0.25) is 0 Å². The highest BCUT2D eigenvalue weighted by Crippen LogP contribution is 2.28. The fourth-order valence-electron chi connectivity index (χ4n) is 2.79. The summed E-state index contributed by atoms with van der Waals surface area (Å²) in [5, 5.41) is 13.6. The summed E-state index contributed by atoms with van der Waals surface area (Å²) >= 11 is 0. The van der Waals surface area contributed by atoms with Crippen molar-refractivity contribution in [1.82, 2.24) is 15.1 Å². The number of hydrogen-bond acceptors (Lipinski definition) is 7. The van der Waals surface area contributed by atoms with Gasteiger partial charge in [0.1, 0.15) is 5.82 Å². The van der Waals surface area contributed by atoms with E-state index in [0.29, 0.717) is 18.3 Å². The van der Waals surface area contributed by atoms with E-state index >= 15 is 0 Å². The number of hydrogen-bond donors (Lipinski definition) is 1. The molecule has 3 rings (SSSR count). The van der Waals surface area contributed by atoms with E-state index in [-0.39, 0.29) is 24.7 Å².